The smallest absolute Gasteiger partial charge is 0.308 e. The molecule has 0 saturated heterocycles. The predicted molar refractivity (Wildman–Crippen MR) is 126 cm³/mol. The molecule has 0 radical (unpaired) electrons. The third-order valence-corrected chi connectivity index (χ3v) is 5.10. The number of hydrogen-bond donors (Lipinski definition) is 3. The zero-order valence-electron chi connectivity index (χ0n) is 16.7. The van der Waals surface area contributed by atoms with Crippen molar-refractivity contribution >= 4 is 58.4 Å². The molecule has 10 heteroatoms. The van der Waals surface area contributed by atoms with E-state index in [0.717, 1.165) is 17.0 Å². The van der Waals surface area contributed by atoms with Crippen LogP contribution < -0.4 is 16.0 Å². The summed E-state index contributed by atoms with van der Waals surface area (Å²) in [5, 5.41) is 9.59. The maximum atomic E-state index is 12.5. The molecule has 1 aromatic heterocycles. The lowest BCUT2D eigenvalue weighted by Gasteiger charge is -2.13. The van der Waals surface area contributed by atoms with Crippen molar-refractivity contribution in [3.05, 3.63) is 80.6 Å². The predicted octanol–water partition coefficient (Wildman–Crippen LogP) is 5.84. The number of aromatic nitrogens is 2. The summed E-state index contributed by atoms with van der Waals surface area (Å²) in [7, 11) is 0. The summed E-state index contributed by atoms with van der Waals surface area (Å²) >= 11 is 18.1. The second kappa shape index (κ2) is 10.4. The van der Waals surface area contributed by atoms with Crippen LogP contribution in [0.1, 0.15) is 17.0 Å². The van der Waals surface area contributed by atoms with Gasteiger partial charge in [-0.3, -0.25) is 10.6 Å². The Balaban J connectivity index is 1.80. The molecule has 0 atom stereocenters. The van der Waals surface area contributed by atoms with Gasteiger partial charge in [-0.15, -0.1) is 0 Å². The molecule has 0 aliphatic rings. The van der Waals surface area contributed by atoms with E-state index >= 15 is 0 Å². The number of anilines is 2. The van der Waals surface area contributed by atoms with Crippen molar-refractivity contribution in [2.24, 2.45) is 4.99 Å². The molecule has 3 rings (SSSR count). The van der Waals surface area contributed by atoms with Crippen molar-refractivity contribution in [2.75, 3.05) is 10.6 Å². The normalized spacial score (nSPS) is 11.2. The number of aryl methyl sites for hydroxylation is 2. The molecule has 31 heavy (non-hydrogen) atoms. The average molecular weight is 478 g/mol. The van der Waals surface area contributed by atoms with E-state index in [2.05, 4.69) is 30.9 Å². The van der Waals surface area contributed by atoms with Crippen molar-refractivity contribution in [3.8, 4) is 0 Å². The Labute approximate surface area is 194 Å². The van der Waals surface area contributed by atoms with Gasteiger partial charge in [-0.2, -0.15) is 0 Å². The van der Waals surface area contributed by atoms with Crippen LogP contribution in [0.25, 0.3) is 0 Å². The first-order chi connectivity index (χ1) is 14.8. The van der Waals surface area contributed by atoms with Crippen molar-refractivity contribution in [1.82, 2.24) is 15.3 Å². The molecular weight excluding hydrogens is 459 g/mol. The highest BCUT2D eigenvalue weighted by molar-refractivity contribution is 6.42. The second-order valence-corrected chi connectivity index (χ2v) is 7.79. The topological polar surface area (TPSA) is 91.3 Å². The molecule has 1 heterocycles. The number of nitrogens with one attached hydrogen (secondary N) is 3. The summed E-state index contributed by atoms with van der Waals surface area (Å²) in [6, 6.07) is 13.4. The zero-order valence-corrected chi connectivity index (χ0v) is 19.0. The number of carbonyl (C=O) groups is 1. The minimum absolute atomic E-state index is 0.155. The zero-order chi connectivity index (χ0) is 22.4. The quantitative estimate of drug-likeness (QED) is 0.325. The van der Waals surface area contributed by atoms with Gasteiger partial charge >= 0.3 is 6.03 Å². The van der Waals surface area contributed by atoms with Crippen molar-refractivity contribution in [2.45, 2.75) is 20.4 Å². The third kappa shape index (κ3) is 6.82. The standard InChI is InChI=1S/C21H19Cl3N6O/c1-12-9-13(2)27-20(26-12)29-19(25-11-14-5-3-4-6-16(14)22)30-21(31)28-15-7-8-17(23)18(24)10-15/h3-10H,11H2,1-2H3,(H3,25,26,27,28,29,30,31). The number of carbonyl (C=O) groups excluding carboxylic acids is 1. The molecular formula is C21H19Cl3N6O. The molecule has 0 fully saturated rings. The first-order valence-electron chi connectivity index (χ1n) is 9.20. The van der Waals surface area contributed by atoms with Gasteiger partial charge in [0.15, 0.2) is 0 Å². The molecule has 0 saturated carbocycles. The average Bonchev–Trinajstić information content (AvgIpc) is 2.69. The van der Waals surface area contributed by atoms with E-state index in [-0.39, 0.29) is 12.5 Å². The highest BCUT2D eigenvalue weighted by atomic mass is 35.5. The lowest BCUT2D eigenvalue weighted by molar-refractivity contribution is 0.256. The molecule has 0 aliphatic heterocycles. The van der Waals surface area contributed by atoms with Gasteiger partial charge in [0.2, 0.25) is 11.9 Å². The molecule has 0 spiro atoms. The Morgan fingerprint density at radius 1 is 0.903 bits per heavy atom. The number of guanidine groups is 1. The summed E-state index contributed by atoms with van der Waals surface area (Å²) in [5.74, 6) is 0.465. The SMILES string of the molecule is Cc1cc(C)nc(NC(=NCc2ccccc2Cl)NC(=O)Nc2ccc(Cl)c(Cl)c2)n1. The monoisotopic (exact) mass is 476 g/mol. The molecule has 2 aromatic carbocycles. The van der Waals surface area contributed by atoms with Gasteiger partial charge in [0.1, 0.15) is 0 Å². The van der Waals surface area contributed by atoms with Crippen molar-refractivity contribution in [1.29, 1.82) is 0 Å². The van der Waals surface area contributed by atoms with Gasteiger partial charge in [0.25, 0.3) is 0 Å². The van der Waals surface area contributed by atoms with Gasteiger partial charge in [-0.25, -0.2) is 19.8 Å². The Morgan fingerprint density at radius 3 is 2.29 bits per heavy atom. The molecule has 3 N–H and O–H groups in total. The fraction of sp³-hybridized carbons (Fsp3) is 0.143. The van der Waals surface area contributed by atoms with Gasteiger partial charge in [-0.05, 0) is 49.7 Å². The third-order valence-electron chi connectivity index (χ3n) is 3.99. The highest BCUT2D eigenvalue weighted by Gasteiger charge is 2.11. The summed E-state index contributed by atoms with van der Waals surface area (Å²) in [6.45, 7) is 3.94. The first kappa shape index (κ1) is 22.8. The highest BCUT2D eigenvalue weighted by Crippen LogP contribution is 2.25. The van der Waals surface area contributed by atoms with Crippen LogP contribution in [0.4, 0.5) is 16.4 Å². The van der Waals surface area contributed by atoms with Crippen LogP contribution in [-0.2, 0) is 6.54 Å². The molecule has 3 aromatic rings. The molecule has 2 amide bonds. The van der Waals surface area contributed by atoms with E-state index in [9.17, 15) is 4.79 Å². The van der Waals surface area contributed by atoms with E-state index in [4.69, 9.17) is 34.8 Å². The van der Waals surface area contributed by atoms with Crippen LogP contribution in [0.5, 0.6) is 0 Å². The number of urea groups is 1. The Kier molecular flexibility index (Phi) is 7.68. The maximum Gasteiger partial charge on any atom is 0.326 e. The minimum atomic E-state index is -0.534. The van der Waals surface area contributed by atoms with Crippen LogP contribution >= 0.6 is 34.8 Å². The van der Waals surface area contributed by atoms with E-state index in [1.54, 1.807) is 24.3 Å². The number of nitrogens with zero attached hydrogens (tertiary/aromatic N) is 3. The molecule has 0 aliphatic carbocycles. The second-order valence-electron chi connectivity index (χ2n) is 6.56. The van der Waals surface area contributed by atoms with Gasteiger partial charge in [-0.1, -0.05) is 53.0 Å². The van der Waals surface area contributed by atoms with E-state index in [0.29, 0.717) is 26.7 Å². The molecule has 160 valence electrons. The Bertz CT molecular complexity index is 1120. The number of halogens is 3. The van der Waals surface area contributed by atoms with Crippen LogP contribution in [-0.4, -0.2) is 22.0 Å². The van der Waals surface area contributed by atoms with Gasteiger partial charge < -0.3 is 5.32 Å². The Morgan fingerprint density at radius 2 is 1.61 bits per heavy atom. The van der Waals surface area contributed by atoms with Crippen LogP contribution in [0.3, 0.4) is 0 Å². The first-order valence-corrected chi connectivity index (χ1v) is 10.3. The van der Waals surface area contributed by atoms with Gasteiger partial charge in [0, 0.05) is 22.1 Å². The van der Waals surface area contributed by atoms with E-state index in [1.807, 2.05) is 38.1 Å². The fourth-order valence-electron chi connectivity index (χ4n) is 2.63. The lowest BCUT2D eigenvalue weighted by Crippen LogP contribution is -2.39. The van der Waals surface area contributed by atoms with E-state index < -0.39 is 6.03 Å². The maximum absolute atomic E-state index is 12.5. The minimum Gasteiger partial charge on any atom is -0.308 e. The summed E-state index contributed by atoms with van der Waals surface area (Å²) in [4.78, 5) is 25.6. The van der Waals surface area contributed by atoms with Crippen LogP contribution in [0.15, 0.2) is 53.5 Å². The fourth-order valence-corrected chi connectivity index (χ4v) is 3.13. The summed E-state index contributed by atoms with van der Waals surface area (Å²) in [5.41, 5.74) is 2.83. The molecule has 0 bridgehead atoms. The number of hydrogen-bond acceptors (Lipinski definition) is 4. The molecule has 0 unspecified atom stereocenters. The lowest BCUT2D eigenvalue weighted by atomic mass is 10.2. The van der Waals surface area contributed by atoms with E-state index in [1.165, 1.54) is 0 Å². The summed E-state index contributed by atoms with van der Waals surface area (Å²) in [6.07, 6.45) is 0. The van der Waals surface area contributed by atoms with Gasteiger partial charge in [0.05, 0.1) is 16.6 Å². The van der Waals surface area contributed by atoms with Crippen molar-refractivity contribution in [3.63, 3.8) is 0 Å². The number of rotatable bonds is 4. The van der Waals surface area contributed by atoms with Crippen LogP contribution in [0.2, 0.25) is 15.1 Å². The number of benzene rings is 2. The van der Waals surface area contributed by atoms with Crippen molar-refractivity contribution < 1.29 is 4.79 Å². The molecule has 7 nitrogen and oxygen atoms in total. The largest absolute Gasteiger partial charge is 0.326 e. The summed E-state index contributed by atoms with van der Waals surface area (Å²) < 4.78 is 0. The number of aliphatic imine (C=N–C) groups is 1. The Hall–Kier alpha value is -2.87. The number of amides is 2. The van der Waals surface area contributed by atoms with Crippen LogP contribution in [0, 0.1) is 13.8 Å².